The third-order valence-corrected chi connectivity index (χ3v) is 3.12. The number of hydrogen-bond donors (Lipinski definition) is 3. The van der Waals surface area contributed by atoms with E-state index < -0.39 is 0 Å². The number of ether oxygens (including phenoxy) is 3. The van der Waals surface area contributed by atoms with Gasteiger partial charge in [0.2, 0.25) is 5.75 Å². The molecule has 5 N–H and O–H groups in total. The molecule has 1 aromatic rings. The maximum atomic E-state index is 7.86. The molecule has 1 aliphatic heterocycles. The topological polar surface area (TPSA) is 107 Å². The van der Waals surface area contributed by atoms with Gasteiger partial charge in [0.1, 0.15) is 6.20 Å². The number of nitrogens with two attached hydrogens (primary N) is 2. The summed E-state index contributed by atoms with van der Waals surface area (Å²) in [6.07, 6.45) is 2.33. The molecule has 0 saturated carbocycles. The van der Waals surface area contributed by atoms with Gasteiger partial charge in [0.25, 0.3) is 0 Å². The molecule has 0 unspecified atom stereocenters. The van der Waals surface area contributed by atoms with Crippen LogP contribution < -0.4 is 25.3 Å². The fourth-order valence-corrected chi connectivity index (χ4v) is 2.10. The summed E-state index contributed by atoms with van der Waals surface area (Å²) < 4.78 is 15.9. The molecule has 0 radical (unpaired) electrons. The fraction of sp³-hybridized carbons (Fsp3) is 0.286. The van der Waals surface area contributed by atoms with E-state index in [-0.39, 0.29) is 5.84 Å². The minimum absolute atomic E-state index is 0.170. The van der Waals surface area contributed by atoms with Gasteiger partial charge in [-0.15, -0.1) is 0 Å². The Labute approximate surface area is 122 Å². The number of guanidine groups is 1. The van der Waals surface area contributed by atoms with Gasteiger partial charge in [-0.3, -0.25) is 10.7 Å². The van der Waals surface area contributed by atoms with Gasteiger partial charge >= 0.3 is 5.96 Å². The molecule has 1 aromatic carbocycles. The second kappa shape index (κ2) is 6.27. The molecule has 0 saturated heterocycles. The Morgan fingerprint density at radius 3 is 2.24 bits per heavy atom. The Balaban J connectivity index is 2.31. The highest BCUT2D eigenvalue weighted by molar-refractivity contribution is 6.03. The van der Waals surface area contributed by atoms with Gasteiger partial charge < -0.3 is 19.9 Å². The van der Waals surface area contributed by atoms with Gasteiger partial charge in [-0.25, -0.2) is 0 Å². The summed E-state index contributed by atoms with van der Waals surface area (Å²) in [7, 11) is 4.70. The zero-order valence-corrected chi connectivity index (χ0v) is 12.3. The van der Waals surface area contributed by atoms with E-state index in [1.165, 1.54) is 0 Å². The summed E-state index contributed by atoms with van der Waals surface area (Å²) in [4.78, 5) is 3.95. The predicted molar refractivity (Wildman–Crippen MR) is 79.2 cm³/mol. The highest BCUT2D eigenvalue weighted by Gasteiger charge is 2.18. The summed E-state index contributed by atoms with van der Waals surface area (Å²) in [5.41, 5.74) is 7.27. The summed E-state index contributed by atoms with van der Waals surface area (Å²) in [6, 6.07) is 3.72. The van der Waals surface area contributed by atoms with Crippen LogP contribution >= 0.6 is 0 Å². The number of aliphatic imine (C=N–C) groups is 1. The smallest absolute Gasteiger partial charge is 0.303 e. The molecule has 21 heavy (non-hydrogen) atoms. The average Bonchev–Trinajstić information content (AvgIpc) is 2.49. The first-order chi connectivity index (χ1) is 10.1. The minimum Gasteiger partial charge on any atom is -0.493 e. The van der Waals surface area contributed by atoms with E-state index in [0.29, 0.717) is 29.6 Å². The Morgan fingerprint density at radius 1 is 1.14 bits per heavy atom. The lowest BCUT2D eigenvalue weighted by Gasteiger charge is -2.15. The molecule has 0 aliphatic carbocycles. The summed E-state index contributed by atoms with van der Waals surface area (Å²) in [6.45, 7) is 0. The van der Waals surface area contributed by atoms with Crippen LogP contribution in [0.5, 0.6) is 17.2 Å². The number of nitrogens with zero attached hydrogens (tertiary/aromatic N) is 1. The van der Waals surface area contributed by atoms with E-state index in [1.54, 1.807) is 32.8 Å². The summed E-state index contributed by atoms with van der Waals surface area (Å²) >= 11 is 0. The number of nitrogens with one attached hydrogen (secondary N) is 1. The predicted octanol–water partition coefficient (Wildman–Crippen LogP) is 0.00777. The van der Waals surface area contributed by atoms with Crippen LogP contribution in [0.4, 0.5) is 0 Å². The molecule has 0 bridgehead atoms. The lowest BCUT2D eigenvalue weighted by atomic mass is 10.0. The number of quaternary nitrogens is 1. The summed E-state index contributed by atoms with van der Waals surface area (Å²) in [5.74, 6) is 2.23. The Kier molecular flexibility index (Phi) is 4.44. The molecule has 7 nitrogen and oxygen atoms in total. The third kappa shape index (κ3) is 3.14. The first-order valence-corrected chi connectivity index (χ1v) is 6.35. The van der Waals surface area contributed by atoms with Gasteiger partial charge in [-0.1, -0.05) is 0 Å². The average molecular weight is 291 g/mol. The van der Waals surface area contributed by atoms with Crippen molar-refractivity contribution in [1.29, 1.82) is 5.41 Å². The highest BCUT2D eigenvalue weighted by Crippen LogP contribution is 2.38. The van der Waals surface area contributed by atoms with Crippen molar-refractivity contribution >= 4 is 11.8 Å². The summed E-state index contributed by atoms with van der Waals surface area (Å²) in [5, 5.41) is 9.54. The van der Waals surface area contributed by atoms with Crippen molar-refractivity contribution in [3.8, 4) is 17.2 Å². The van der Waals surface area contributed by atoms with Crippen molar-refractivity contribution in [2.24, 2.45) is 10.7 Å². The molecule has 7 heteroatoms. The second-order valence-corrected chi connectivity index (χ2v) is 4.45. The van der Waals surface area contributed by atoms with Crippen LogP contribution in [-0.2, 0) is 6.42 Å². The van der Waals surface area contributed by atoms with E-state index in [1.807, 2.05) is 12.1 Å². The monoisotopic (exact) mass is 291 g/mol. The van der Waals surface area contributed by atoms with E-state index in [4.69, 9.17) is 25.4 Å². The molecule has 0 spiro atoms. The molecule has 0 atom stereocenters. The number of methoxy groups -OCH3 is 3. The van der Waals surface area contributed by atoms with Crippen molar-refractivity contribution in [1.82, 2.24) is 0 Å². The van der Waals surface area contributed by atoms with Crippen LogP contribution in [0.15, 0.2) is 28.9 Å². The lowest BCUT2D eigenvalue weighted by Crippen LogP contribution is -2.86. The molecule has 112 valence electrons. The van der Waals surface area contributed by atoms with Gasteiger partial charge in [-0.05, 0) is 17.7 Å². The molecule has 0 aromatic heterocycles. The maximum Gasteiger partial charge on any atom is 0.303 e. The zero-order valence-electron chi connectivity index (χ0n) is 12.3. The van der Waals surface area contributed by atoms with Crippen LogP contribution in [0.3, 0.4) is 0 Å². The minimum atomic E-state index is 0.170. The van der Waals surface area contributed by atoms with E-state index >= 15 is 0 Å². The Bertz CT molecular complexity index is 598. The molecule has 0 fully saturated rings. The number of rotatable bonds is 5. The van der Waals surface area contributed by atoms with Crippen LogP contribution in [0.1, 0.15) is 5.56 Å². The van der Waals surface area contributed by atoms with E-state index in [9.17, 15) is 0 Å². The van der Waals surface area contributed by atoms with Gasteiger partial charge in [0, 0.05) is 6.42 Å². The first kappa shape index (κ1) is 14.9. The maximum absolute atomic E-state index is 7.86. The quantitative estimate of drug-likeness (QED) is 0.710. The van der Waals surface area contributed by atoms with Crippen molar-refractivity contribution in [3.63, 3.8) is 0 Å². The van der Waals surface area contributed by atoms with Crippen molar-refractivity contribution < 1.29 is 19.5 Å². The normalized spacial score (nSPS) is 14.3. The SMILES string of the molecule is COc1cc(CC2=C[NH2+]C(N)=NC2=N)cc(OC)c1OC. The Hall–Kier alpha value is -2.54. The highest BCUT2D eigenvalue weighted by atomic mass is 16.5. The van der Waals surface area contributed by atoms with Gasteiger partial charge in [-0.2, -0.15) is 4.99 Å². The number of amidine groups is 1. The van der Waals surface area contributed by atoms with Crippen LogP contribution in [0.2, 0.25) is 0 Å². The van der Waals surface area contributed by atoms with Crippen molar-refractivity contribution in [2.45, 2.75) is 6.42 Å². The number of hydrogen-bond acceptors (Lipinski definition) is 5. The third-order valence-electron chi connectivity index (χ3n) is 3.12. The second-order valence-electron chi connectivity index (χ2n) is 4.45. The van der Waals surface area contributed by atoms with Crippen molar-refractivity contribution in [3.05, 3.63) is 29.5 Å². The van der Waals surface area contributed by atoms with Crippen LogP contribution in [0, 0.1) is 5.41 Å². The zero-order chi connectivity index (χ0) is 15.4. The van der Waals surface area contributed by atoms with Gasteiger partial charge in [0.05, 0.1) is 26.9 Å². The van der Waals surface area contributed by atoms with Crippen molar-refractivity contribution in [2.75, 3.05) is 21.3 Å². The molecule has 1 aliphatic rings. The van der Waals surface area contributed by atoms with Crippen LogP contribution in [-0.4, -0.2) is 33.1 Å². The molecular formula is C14H19N4O3+. The Morgan fingerprint density at radius 2 is 1.76 bits per heavy atom. The standard InChI is InChI=1S/C14H18N4O3/c1-19-10-5-8(6-11(20-2)12(10)21-3)4-9-7-17-14(16)18-13(9)15/h5-7H,4H2,1-3H3,(H4,15,16,17,18)/p+1. The van der Waals surface area contributed by atoms with E-state index in [2.05, 4.69) is 4.99 Å². The lowest BCUT2D eigenvalue weighted by molar-refractivity contribution is -0.465. The number of benzene rings is 1. The molecular weight excluding hydrogens is 272 g/mol. The van der Waals surface area contributed by atoms with E-state index in [0.717, 1.165) is 11.1 Å². The van der Waals surface area contributed by atoms with Gasteiger partial charge in [0.15, 0.2) is 17.3 Å². The molecule has 2 rings (SSSR count). The van der Waals surface area contributed by atoms with Crippen LogP contribution in [0.25, 0.3) is 0 Å². The largest absolute Gasteiger partial charge is 0.493 e. The first-order valence-electron chi connectivity index (χ1n) is 6.35. The molecule has 0 amide bonds. The fourth-order valence-electron chi connectivity index (χ4n) is 2.10. The molecule has 1 heterocycles.